The Morgan fingerprint density at radius 2 is 2.06 bits per heavy atom. The molecule has 1 atom stereocenters. The van der Waals surface area contributed by atoms with Crippen LogP contribution in [0, 0.1) is 0 Å². The Kier molecular flexibility index (Phi) is 3.31. The monoisotopic (exact) mass is 216 g/mol. The van der Waals surface area contributed by atoms with Crippen LogP contribution in [0.1, 0.15) is 24.2 Å². The molecular formula is C12H16N4. The molecule has 0 saturated heterocycles. The van der Waals surface area contributed by atoms with Crippen LogP contribution in [-0.4, -0.2) is 21.3 Å². The molecule has 0 spiro atoms. The van der Waals surface area contributed by atoms with Gasteiger partial charge in [0.05, 0.1) is 6.54 Å². The van der Waals surface area contributed by atoms with E-state index >= 15 is 0 Å². The molecule has 2 aromatic rings. The Hall–Kier alpha value is -1.68. The summed E-state index contributed by atoms with van der Waals surface area (Å²) in [6.45, 7) is 3.40. The Labute approximate surface area is 95.1 Å². The molecule has 0 fully saturated rings. The Morgan fingerprint density at radius 1 is 1.31 bits per heavy atom. The van der Waals surface area contributed by atoms with Crippen molar-refractivity contribution in [2.24, 2.45) is 5.73 Å². The van der Waals surface area contributed by atoms with Crippen molar-refractivity contribution in [3.8, 4) is 0 Å². The fourth-order valence-corrected chi connectivity index (χ4v) is 1.64. The maximum Gasteiger partial charge on any atom is 0.138 e. The van der Waals surface area contributed by atoms with Gasteiger partial charge < -0.3 is 5.73 Å². The third-order valence-corrected chi connectivity index (χ3v) is 2.61. The lowest BCUT2D eigenvalue weighted by Gasteiger charge is -2.10. The number of hydrogen-bond donors (Lipinski definition) is 1. The van der Waals surface area contributed by atoms with E-state index in [1.54, 1.807) is 6.33 Å². The molecule has 0 saturated carbocycles. The molecule has 1 heterocycles. The van der Waals surface area contributed by atoms with Gasteiger partial charge in [-0.1, -0.05) is 37.3 Å². The van der Waals surface area contributed by atoms with Crippen LogP contribution < -0.4 is 5.73 Å². The van der Waals surface area contributed by atoms with Crippen LogP contribution in [0.5, 0.6) is 0 Å². The SMILES string of the molecule is CC(CN)c1ncnn1Cc1ccccc1. The average Bonchev–Trinajstić information content (AvgIpc) is 2.77. The van der Waals surface area contributed by atoms with Crippen LogP contribution >= 0.6 is 0 Å². The second-order valence-electron chi connectivity index (χ2n) is 3.90. The van der Waals surface area contributed by atoms with Crippen molar-refractivity contribution in [1.82, 2.24) is 14.8 Å². The van der Waals surface area contributed by atoms with Crippen LogP contribution in [0.3, 0.4) is 0 Å². The van der Waals surface area contributed by atoms with Crippen LogP contribution in [0.2, 0.25) is 0 Å². The Bertz CT molecular complexity index is 435. The molecule has 0 radical (unpaired) electrons. The highest BCUT2D eigenvalue weighted by molar-refractivity contribution is 5.15. The molecule has 1 aromatic carbocycles. The van der Waals surface area contributed by atoms with Crippen LogP contribution in [-0.2, 0) is 6.54 Å². The van der Waals surface area contributed by atoms with E-state index in [-0.39, 0.29) is 5.92 Å². The molecule has 2 N–H and O–H groups in total. The standard InChI is InChI=1S/C12H16N4/c1-10(7-13)12-14-9-15-16(12)8-11-5-3-2-4-6-11/h2-6,9-10H,7-8,13H2,1H3. The van der Waals surface area contributed by atoms with Crippen molar-refractivity contribution in [3.63, 3.8) is 0 Å². The normalized spacial score (nSPS) is 12.6. The van der Waals surface area contributed by atoms with Gasteiger partial charge in [0.2, 0.25) is 0 Å². The fraction of sp³-hybridized carbons (Fsp3) is 0.333. The zero-order valence-electron chi connectivity index (χ0n) is 9.37. The Balaban J connectivity index is 2.19. The minimum atomic E-state index is 0.242. The van der Waals surface area contributed by atoms with E-state index in [9.17, 15) is 0 Å². The van der Waals surface area contributed by atoms with Crippen molar-refractivity contribution < 1.29 is 0 Å². The van der Waals surface area contributed by atoms with Gasteiger partial charge in [-0.15, -0.1) is 0 Å². The number of rotatable bonds is 4. The molecule has 0 aliphatic heterocycles. The highest BCUT2D eigenvalue weighted by Crippen LogP contribution is 2.11. The first-order valence-electron chi connectivity index (χ1n) is 5.43. The van der Waals surface area contributed by atoms with Crippen molar-refractivity contribution in [2.75, 3.05) is 6.54 Å². The van der Waals surface area contributed by atoms with Crippen LogP contribution in [0.25, 0.3) is 0 Å². The topological polar surface area (TPSA) is 56.7 Å². The predicted molar refractivity (Wildman–Crippen MR) is 63.0 cm³/mol. The number of aromatic nitrogens is 3. The third-order valence-electron chi connectivity index (χ3n) is 2.61. The minimum Gasteiger partial charge on any atom is -0.330 e. The van der Waals surface area contributed by atoms with Gasteiger partial charge in [-0.2, -0.15) is 5.10 Å². The molecule has 0 amide bonds. The highest BCUT2D eigenvalue weighted by Gasteiger charge is 2.11. The van der Waals surface area contributed by atoms with Crippen molar-refractivity contribution in [3.05, 3.63) is 48.0 Å². The first-order valence-corrected chi connectivity index (χ1v) is 5.43. The molecule has 0 aliphatic carbocycles. The maximum atomic E-state index is 5.64. The zero-order valence-corrected chi connectivity index (χ0v) is 9.37. The summed E-state index contributed by atoms with van der Waals surface area (Å²) in [6, 6.07) is 10.2. The summed E-state index contributed by atoms with van der Waals surface area (Å²) in [6.07, 6.45) is 1.59. The van der Waals surface area contributed by atoms with Gasteiger partial charge in [0.25, 0.3) is 0 Å². The molecule has 4 nitrogen and oxygen atoms in total. The third kappa shape index (κ3) is 2.28. The minimum absolute atomic E-state index is 0.242. The van der Waals surface area contributed by atoms with E-state index in [1.807, 2.05) is 22.9 Å². The lowest BCUT2D eigenvalue weighted by atomic mass is 10.1. The van der Waals surface area contributed by atoms with Crippen LogP contribution in [0.4, 0.5) is 0 Å². The molecule has 16 heavy (non-hydrogen) atoms. The molecule has 2 rings (SSSR count). The molecule has 0 aliphatic rings. The molecule has 4 heteroatoms. The highest BCUT2D eigenvalue weighted by atomic mass is 15.3. The Morgan fingerprint density at radius 3 is 2.75 bits per heavy atom. The average molecular weight is 216 g/mol. The van der Waals surface area contributed by atoms with E-state index in [4.69, 9.17) is 5.73 Å². The number of benzene rings is 1. The first-order chi connectivity index (χ1) is 7.81. The second-order valence-corrected chi connectivity index (χ2v) is 3.90. The van der Waals surface area contributed by atoms with Gasteiger partial charge in [0.1, 0.15) is 12.2 Å². The van der Waals surface area contributed by atoms with E-state index in [1.165, 1.54) is 5.56 Å². The van der Waals surface area contributed by atoms with Crippen molar-refractivity contribution in [1.29, 1.82) is 0 Å². The van der Waals surface area contributed by atoms with E-state index < -0.39 is 0 Å². The van der Waals surface area contributed by atoms with Gasteiger partial charge in [0, 0.05) is 12.5 Å². The summed E-state index contributed by atoms with van der Waals surface area (Å²) in [4.78, 5) is 4.25. The fourth-order valence-electron chi connectivity index (χ4n) is 1.64. The molecule has 0 bridgehead atoms. The van der Waals surface area contributed by atoms with Gasteiger partial charge in [-0.3, -0.25) is 0 Å². The summed E-state index contributed by atoms with van der Waals surface area (Å²) >= 11 is 0. The predicted octanol–water partition coefficient (Wildman–Crippen LogP) is 1.39. The van der Waals surface area contributed by atoms with Crippen LogP contribution in [0.15, 0.2) is 36.7 Å². The quantitative estimate of drug-likeness (QED) is 0.840. The molecule has 1 aromatic heterocycles. The summed E-state index contributed by atoms with van der Waals surface area (Å²) in [5.41, 5.74) is 6.87. The van der Waals surface area contributed by atoms with Gasteiger partial charge in [-0.05, 0) is 5.56 Å². The number of hydrogen-bond acceptors (Lipinski definition) is 3. The summed E-state index contributed by atoms with van der Waals surface area (Å²) in [7, 11) is 0. The first kappa shape index (κ1) is 10.8. The van der Waals surface area contributed by atoms with Crippen molar-refractivity contribution >= 4 is 0 Å². The molecular weight excluding hydrogens is 200 g/mol. The van der Waals surface area contributed by atoms with Gasteiger partial charge in [-0.25, -0.2) is 9.67 Å². The van der Waals surface area contributed by atoms with Crippen molar-refractivity contribution in [2.45, 2.75) is 19.4 Å². The van der Waals surface area contributed by atoms with E-state index in [2.05, 4.69) is 29.1 Å². The van der Waals surface area contributed by atoms with E-state index in [0.717, 1.165) is 12.4 Å². The van der Waals surface area contributed by atoms with Gasteiger partial charge in [0.15, 0.2) is 0 Å². The maximum absolute atomic E-state index is 5.64. The lowest BCUT2D eigenvalue weighted by molar-refractivity contribution is 0.590. The zero-order chi connectivity index (χ0) is 11.4. The summed E-state index contributed by atoms with van der Waals surface area (Å²) < 4.78 is 1.91. The number of nitrogens with zero attached hydrogens (tertiary/aromatic N) is 3. The number of nitrogens with two attached hydrogens (primary N) is 1. The largest absolute Gasteiger partial charge is 0.330 e. The smallest absolute Gasteiger partial charge is 0.138 e. The summed E-state index contributed by atoms with van der Waals surface area (Å²) in [5.74, 6) is 1.19. The molecule has 84 valence electrons. The summed E-state index contributed by atoms with van der Waals surface area (Å²) in [5, 5.41) is 4.23. The van der Waals surface area contributed by atoms with Gasteiger partial charge >= 0.3 is 0 Å². The van der Waals surface area contributed by atoms with E-state index in [0.29, 0.717) is 6.54 Å². The molecule has 1 unspecified atom stereocenters. The second kappa shape index (κ2) is 4.90. The lowest BCUT2D eigenvalue weighted by Crippen LogP contribution is -2.16.